The van der Waals surface area contributed by atoms with Crippen LogP contribution < -0.4 is 5.32 Å². The minimum atomic E-state index is -0.558. The number of carbonyl (C=O) groups excluding carboxylic acids is 2. The molecule has 1 aliphatic heterocycles. The molecule has 1 N–H and O–H groups in total. The number of nitriles is 1. The topological polar surface area (TPSA) is 85.6 Å². The van der Waals surface area contributed by atoms with E-state index in [-0.39, 0.29) is 18.2 Å². The lowest BCUT2D eigenvalue weighted by Crippen LogP contribution is -2.33. The highest BCUT2D eigenvalue weighted by atomic mass is 79.9. The number of thioether (sulfide) groups is 1. The van der Waals surface area contributed by atoms with Crippen LogP contribution in [0.3, 0.4) is 0 Å². The van der Waals surface area contributed by atoms with E-state index in [1.807, 2.05) is 31.2 Å². The van der Waals surface area contributed by atoms with Crippen LogP contribution in [0.1, 0.15) is 18.9 Å². The molecule has 0 spiro atoms. The number of amidine groups is 1. The summed E-state index contributed by atoms with van der Waals surface area (Å²) in [6, 6.07) is 14.4. The molecule has 1 unspecified atom stereocenters. The van der Waals surface area contributed by atoms with E-state index in [9.17, 15) is 9.59 Å². The van der Waals surface area contributed by atoms with Crippen LogP contribution in [0.4, 0.5) is 11.4 Å². The van der Waals surface area contributed by atoms with Crippen molar-refractivity contribution in [3.05, 3.63) is 57.0 Å². The Hall–Kier alpha value is -2.15. The second kappa shape index (κ2) is 9.57. The van der Waals surface area contributed by atoms with E-state index in [4.69, 9.17) is 5.26 Å². The van der Waals surface area contributed by atoms with E-state index >= 15 is 0 Å². The number of hydrogen-bond donors (Lipinski definition) is 1. The van der Waals surface area contributed by atoms with Crippen molar-refractivity contribution in [1.29, 1.82) is 5.26 Å². The van der Waals surface area contributed by atoms with Crippen molar-refractivity contribution in [3.63, 3.8) is 0 Å². The first kappa shape index (κ1) is 21.6. The van der Waals surface area contributed by atoms with Crippen molar-refractivity contribution in [1.82, 2.24) is 4.90 Å². The van der Waals surface area contributed by atoms with Crippen LogP contribution in [0.5, 0.6) is 0 Å². The second-order valence-electron chi connectivity index (χ2n) is 6.09. The van der Waals surface area contributed by atoms with Crippen LogP contribution in [0, 0.1) is 11.3 Å². The monoisotopic (exact) mass is 534 g/mol. The molecule has 1 heterocycles. The maximum atomic E-state index is 12.8. The van der Waals surface area contributed by atoms with Crippen LogP contribution >= 0.6 is 43.6 Å². The molecule has 0 saturated carbocycles. The summed E-state index contributed by atoms with van der Waals surface area (Å²) in [5.41, 5.74) is 1.52. The zero-order valence-corrected chi connectivity index (χ0v) is 19.3. The van der Waals surface area contributed by atoms with Crippen LogP contribution in [0.15, 0.2) is 56.4 Å². The molecule has 9 heteroatoms. The summed E-state index contributed by atoms with van der Waals surface area (Å²) >= 11 is 8.16. The van der Waals surface area contributed by atoms with Crippen LogP contribution in [0.25, 0.3) is 0 Å². The fourth-order valence-corrected chi connectivity index (χ4v) is 5.10. The van der Waals surface area contributed by atoms with E-state index in [0.717, 1.165) is 8.95 Å². The lowest BCUT2D eigenvalue weighted by molar-refractivity contribution is -0.128. The van der Waals surface area contributed by atoms with Crippen molar-refractivity contribution < 1.29 is 9.59 Å². The molecule has 0 aromatic heterocycles. The Labute approximate surface area is 189 Å². The lowest BCUT2D eigenvalue weighted by Gasteiger charge is -2.13. The van der Waals surface area contributed by atoms with E-state index in [0.29, 0.717) is 28.7 Å². The number of nitrogens with zero attached hydrogens (tertiary/aromatic N) is 3. The second-order valence-corrected chi connectivity index (χ2v) is 9.03. The smallest absolute Gasteiger partial charge is 0.242 e. The highest BCUT2D eigenvalue weighted by molar-refractivity contribution is 9.11. The fourth-order valence-electron chi connectivity index (χ4n) is 2.75. The molecule has 0 aliphatic carbocycles. The molecule has 3 rings (SSSR count). The molecule has 2 aromatic rings. The summed E-state index contributed by atoms with van der Waals surface area (Å²) in [5, 5.41) is 11.9. The first-order chi connectivity index (χ1) is 13.9. The van der Waals surface area contributed by atoms with E-state index in [1.165, 1.54) is 11.8 Å². The summed E-state index contributed by atoms with van der Waals surface area (Å²) in [6.45, 7) is 2.34. The van der Waals surface area contributed by atoms with Gasteiger partial charge in [-0.25, -0.2) is 4.99 Å². The Kier molecular flexibility index (Phi) is 7.11. The minimum absolute atomic E-state index is 0.000288. The van der Waals surface area contributed by atoms with E-state index in [1.54, 1.807) is 29.2 Å². The number of para-hydroxylation sites is 1. The number of hydrogen-bond acceptors (Lipinski definition) is 5. The Morgan fingerprint density at radius 2 is 2.07 bits per heavy atom. The van der Waals surface area contributed by atoms with Gasteiger partial charge in [0.1, 0.15) is 11.3 Å². The lowest BCUT2D eigenvalue weighted by atomic mass is 10.2. The highest BCUT2D eigenvalue weighted by Crippen LogP contribution is 2.35. The Morgan fingerprint density at radius 1 is 1.31 bits per heavy atom. The molecule has 1 atom stereocenters. The maximum Gasteiger partial charge on any atom is 0.242 e. The average molecular weight is 536 g/mol. The van der Waals surface area contributed by atoms with Crippen LogP contribution in [0.2, 0.25) is 0 Å². The molecular weight excluding hydrogens is 520 g/mol. The number of halogens is 2. The highest BCUT2D eigenvalue weighted by Gasteiger charge is 2.38. The van der Waals surface area contributed by atoms with Gasteiger partial charge in [-0.15, -0.1) is 0 Å². The predicted molar refractivity (Wildman–Crippen MR) is 122 cm³/mol. The van der Waals surface area contributed by atoms with Gasteiger partial charge in [-0.05, 0) is 53.2 Å². The normalized spacial score (nSPS) is 17.4. The molecule has 1 saturated heterocycles. The number of benzene rings is 2. The summed E-state index contributed by atoms with van der Waals surface area (Å²) in [4.78, 5) is 31.4. The molecule has 6 nitrogen and oxygen atoms in total. The summed E-state index contributed by atoms with van der Waals surface area (Å²) in [7, 11) is 0. The number of aliphatic imine (C=N–C) groups is 1. The average Bonchev–Trinajstić information content (AvgIpc) is 2.98. The van der Waals surface area contributed by atoms with Crippen molar-refractivity contribution in [2.75, 3.05) is 11.9 Å². The van der Waals surface area contributed by atoms with Crippen molar-refractivity contribution in [2.45, 2.75) is 18.6 Å². The minimum Gasteiger partial charge on any atom is -0.325 e. The van der Waals surface area contributed by atoms with Gasteiger partial charge in [-0.1, -0.05) is 39.8 Å². The molecule has 1 aliphatic rings. The van der Waals surface area contributed by atoms with E-state index in [2.05, 4.69) is 42.2 Å². The molecule has 148 valence electrons. The van der Waals surface area contributed by atoms with Crippen LogP contribution in [-0.4, -0.2) is 33.7 Å². The third kappa shape index (κ3) is 5.07. The number of amides is 2. The first-order valence-corrected chi connectivity index (χ1v) is 11.2. The number of carbonyl (C=O) groups is 2. The zero-order valence-electron chi connectivity index (χ0n) is 15.4. The van der Waals surface area contributed by atoms with Gasteiger partial charge in [0.2, 0.25) is 11.8 Å². The largest absolute Gasteiger partial charge is 0.325 e. The first-order valence-electron chi connectivity index (χ1n) is 8.73. The molecule has 2 aromatic carbocycles. The van der Waals surface area contributed by atoms with E-state index < -0.39 is 5.25 Å². The maximum absolute atomic E-state index is 12.8. The molecule has 2 amide bonds. The number of nitrogens with one attached hydrogen (secondary N) is 1. The van der Waals surface area contributed by atoms with Crippen molar-refractivity contribution in [3.8, 4) is 6.07 Å². The van der Waals surface area contributed by atoms with Crippen molar-refractivity contribution in [2.24, 2.45) is 4.99 Å². The van der Waals surface area contributed by atoms with Gasteiger partial charge in [-0.2, -0.15) is 5.26 Å². The Bertz CT molecular complexity index is 1040. The van der Waals surface area contributed by atoms with Gasteiger partial charge < -0.3 is 5.32 Å². The van der Waals surface area contributed by atoms with Crippen molar-refractivity contribution >= 4 is 72.0 Å². The van der Waals surface area contributed by atoms with Gasteiger partial charge in [0.05, 0.1) is 16.9 Å². The van der Waals surface area contributed by atoms with Gasteiger partial charge in [-0.3, -0.25) is 14.5 Å². The molecule has 1 fully saturated rings. The van der Waals surface area contributed by atoms with Gasteiger partial charge >= 0.3 is 0 Å². The Morgan fingerprint density at radius 3 is 2.76 bits per heavy atom. The third-order valence-corrected chi connectivity index (χ3v) is 6.46. The SMILES string of the molecule is CCN1C(=O)C(CC(=O)Nc2ccccc2C#N)SC1=Nc1ccc(Br)cc1Br. The zero-order chi connectivity index (χ0) is 21.0. The summed E-state index contributed by atoms with van der Waals surface area (Å²) in [5.74, 6) is -0.464. The quantitative estimate of drug-likeness (QED) is 0.579. The van der Waals surface area contributed by atoms with Gasteiger partial charge in [0.15, 0.2) is 5.17 Å². The third-order valence-electron chi connectivity index (χ3n) is 4.15. The molecule has 29 heavy (non-hydrogen) atoms. The Balaban J connectivity index is 1.75. The fraction of sp³-hybridized carbons (Fsp3) is 0.200. The van der Waals surface area contributed by atoms with Crippen LogP contribution in [-0.2, 0) is 9.59 Å². The molecule has 0 bridgehead atoms. The molecule has 0 radical (unpaired) electrons. The predicted octanol–water partition coefficient (Wildman–Crippen LogP) is 5.06. The number of anilines is 1. The standard InChI is InChI=1S/C20H16Br2N4O2S/c1-2-26-19(28)17(10-18(27)24-15-6-4-3-5-12(15)11-23)29-20(26)25-16-8-7-13(21)9-14(16)22/h3-9,17H,2,10H2,1H3,(H,24,27). The van der Waals surface area contributed by atoms with Gasteiger partial charge in [0.25, 0.3) is 0 Å². The summed E-state index contributed by atoms with van der Waals surface area (Å²) < 4.78 is 1.72. The van der Waals surface area contributed by atoms with Gasteiger partial charge in [0, 0.05) is 21.9 Å². The summed E-state index contributed by atoms with van der Waals surface area (Å²) in [6.07, 6.45) is 0.000288. The number of rotatable bonds is 5. The molecular formula is C20H16Br2N4O2S.